The predicted molar refractivity (Wildman–Crippen MR) is 102 cm³/mol. The highest BCUT2D eigenvalue weighted by Crippen LogP contribution is 2.18. The predicted octanol–water partition coefficient (Wildman–Crippen LogP) is 2.06. The maximum atomic E-state index is 12.3. The Hall–Kier alpha value is -2.41. The van der Waals surface area contributed by atoms with Gasteiger partial charge in [-0.3, -0.25) is 4.79 Å². The first-order valence-corrected chi connectivity index (χ1v) is 8.52. The number of imidazole rings is 1. The summed E-state index contributed by atoms with van der Waals surface area (Å²) in [7, 11) is 1.62. The number of carbonyl (C=O) groups excluding carboxylic acids is 1. The van der Waals surface area contributed by atoms with Crippen LogP contribution in [0.3, 0.4) is 0 Å². The second-order valence-electron chi connectivity index (χ2n) is 5.85. The zero-order chi connectivity index (χ0) is 17.6. The number of anilines is 1. The van der Waals surface area contributed by atoms with E-state index in [1.807, 2.05) is 29.4 Å². The molecule has 7 nitrogen and oxygen atoms in total. The van der Waals surface area contributed by atoms with Gasteiger partial charge in [0.1, 0.15) is 11.5 Å². The number of hydrogen-bond acceptors (Lipinski definition) is 5. The van der Waals surface area contributed by atoms with Gasteiger partial charge in [0.15, 0.2) is 6.61 Å². The molecule has 8 heteroatoms. The topological polar surface area (TPSA) is 59.8 Å². The first-order valence-electron chi connectivity index (χ1n) is 8.52. The summed E-state index contributed by atoms with van der Waals surface area (Å²) in [6.07, 6.45) is 3.80. The van der Waals surface area contributed by atoms with E-state index in [-0.39, 0.29) is 24.9 Å². The number of nitrogens with zero attached hydrogens (tertiary/aromatic N) is 4. The normalized spacial score (nSPS) is 13.9. The summed E-state index contributed by atoms with van der Waals surface area (Å²) in [6, 6.07) is 7.23. The molecule has 1 aliphatic heterocycles. The number of aryl methyl sites for hydroxylation is 1. The zero-order valence-electron chi connectivity index (χ0n) is 15.1. The maximum Gasteiger partial charge on any atom is 0.260 e. The number of amides is 1. The van der Waals surface area contributed by atoms with Crippen LogP contribution < -0.4 is 14.4 Å². The molecule has 1 aliphatic rings. The third-order valence-corrected chi connectivity index (χ3v) is 4.37. The molecular formula is C18H25ClN4O3. The van der Waals surface area contributed by atoms with Crippen LogP contribution in [0.5, 0.6) is 11.5 Å². The van der Waals surface area contributed by atoms with Crippen LogP contribution in [0.25, 0.3) is 0 Å². The molecule has 1 aromatic carbocycles. The number of halogens is 1. The third kappa shape index (κ3) is 4.60. The van der Waals surface area contributed by atoms with E-state index in [0.717, 1.165) is 31.3 Å². The van der Waals surface area contributed by atoms with Crippen LogP contribution in [0, 0.1) is 0 Å². The summed E-state index contributed by atoms with van der Waals surface area (Å²) in [4.78, 5) is 20.8. The SMILES string of the molecule is CCn1ccnc1N1CCN(C(=O)COc2ccc(OC)cc2)CC1.Cl. The Bertz CT molecular complexity index is 697. The van der Waals surface area contributed by atoms with E-state index in [1.165, 1.54) is 0 Å². The highest BCUT2D eigenvalue weighted by Gasteiger charge is 2.23. The summed E-state index contributed by atoms with van der Waals surface area (Å²) in [6.45, 7) is 5.97. The van der Waals surface area contributed by atoms with Crippen molar-refractivity contribution in [2.45, 2.75) is 13.5 Å². The standard InChI is InChI=1S/C18H24N4O3.ClH/c1-3-20-9-8-19-18(20)22-12-10-21(11-13-22)17(23)14-25-16-6-4-15(24-2)5-7-16;/h4-9H,3,10-14H2,1-2H3;1H. The lowest BCUT2D eigenvalue weighted by atomic mass is 10.3. The van der Waals surface area contributed by atoms with E-state index >= 15 is 0 Å². The number of piperazine rings is 1. The number of benzene rings is 1. The molecule has 1 saturated heterocycles. The van der Waals surface area contributed by atoms with Crippen LogP contribution in [0.15, 0.2) is 36.7 Å². The number of carbonyl (C=O) groups is 1. The highest BCUT2D eigenvalue weighted by molar-refractivity contribution is 5.85. The van der Waals surface area contributed by atoms with Crippen LogP contribution in [-0.4, -0.2) is 60.3 Å². The first kappa shape index (κ1) is 19.9. The Balaban J connectivity index is 0.00000243. The van der Waals surface area contributed by atoms with Gasteiger partial charge in [-0.2, -0.15) is 0 Å². The van der Waals surface area contributed by atoms with Gasteiger partial charge in [-0.05, 0) is 31.2 Å². The largest absolute Gasteiger partial charge is 0.497 e. The Labute approximate surface area is 159 Å². The fraction of sp³-hybridized carbons (Fsp3) is 0.444. The number of hydrogen-bond donors (Lipinski definition) is 0. The van der Waals surface area contributed by atoms with Gasteiger partial charge in [0, 0.05) is 45.1 Å². The second-order valence-corrected chi connectivity index (χ2v) is 5.85. The van der Waals surface area contributed by atoms with Gasteiger partial charge in [-0.15, -0.1) is 12.4 Å². The number of aromatic nitrogens is 2. The van der Waals surface area contributed by atoms with E-state index in [9.17, 15) is 4.79 Å². The fourth-order valence-electron chi connectivity index (χ4n) is 2.90. The molecule has 0 radical (unpaired) electrons. The molecule has 0 bridgehead atoms. The smallest absolute Gasteiger partial charge is 0.260 e. The van der Waals surface area contributed by atoms with Gasteiger partial charge in [-0.25, -0.2) is 4.98 Å². The van der Waals surface area contributed by atoms with E-state index in [1.54, 1.807) is 19.2 Å². The number of rotatable bonds is 6. The third-order valence-electron chi connectivity index (χ3n) is 4.37. The minimum absolute atomic E-state index is 0. The van der Waals surface area contributed by atoms with E-state index in [4.69, 9.17) is 9.47 Å². The van der Waals surface area contributed by atoms with E-state index in [0.29, 0.717) is 18.8 Å². The van der Waals surface area contributed by atoms with Crippen LogP contribution >= 0.6 is 12.4 Å². The van der Waals surface area contributed by atoms with Crippen LogP contribution in [0.4, 0.5) is 5.95 Å². The summed E-state index contributed by atoms with van der Waals surface area (Å²) in [5.41, 5.74) is 0. The van der Waals surface area contributed by atoms with Gasteiger partial charge in [0.05, 0.1) is 7.11 Å². The molecule has 0 unspecified atom stereocenters. The minimum atomic E-state index is 0. The van der Waals surface area contributed by atoms with Crippen LogP contribution in [0.2, 0.25) is 0 Å². The lowest BCUT2D eigenvalue weighted by Gasteiger charge is -2.35. The van der Waals surface area contributed by atoms with E-state index < -0.39 is 0 Å². The summed E-state index contributed by atoms with van der Waals surface area (Å²) in [5.74, 6) is 2.41. The molecule has 0 aliphatic carbocycles. The molecular weight excluding hydrogens is 356 g/mol. The van der Waals surface area contributed by atoms with Gasteiger partial charge < -0.3 is 23.8 Å². The zero-order valence-corrected chi connectivity index (χ0v) is 15.9. The van der Waals surface area contributed by atoms with Crippen molar-refractivity contribution in [2.75, 3.05) is 44.8 Å². The molecule has 1 aromatic heterocycles. The molecule has 0 N–H and O–H groups in total. The lowest BCUT2D eigenvalue weighted by Crippen LogP contribution is -2.50. The molecule has 142 valence electrons. The first-order chi connectivity index (χ1) is 12.2. The number of methoxy groups -OCH3 is 1. The van der Waals surface area contributed by atoms with Crippen molar-refractivity contribution in [2.24, 2.45) is 0 Å². The Morgan fingerprint density at radius 2 is 1.77 bits per heavy atom. The van der Waals surface area contributed by atoms with Gasteiger partial charge in [0.25, 0.3) is 5.91 Å². The van der Waals surface area contributed by atoms with Crippen molar-refractivity contribution >= 4 is 24.3 Å². The Morgan fingerprint density at radius 3 is 2.38 bits per heavy atom. The summed E-state index contributed by atoms with van der Waals surface area (Å²) >= 11 is 0. The molecule has 0 saturated carbocycles. The molecule has 0 atom stereocenters. The van der Waals surface area contributed by atoms with E-state index in [2.05, 4.69) is 21.4 Å². The second kappa shape index (κ2) is 9.33. The van der Waals surface area contributed by atoms with Crippen molar-refractivity contribution in [1.29, 1.82) is 0 Å². The quantitative estimate of drug-likeness (QED) is 0.767. The summed E-state index contributed by atoms with van der Waals surface area (Å²) in [5, 5.41) is 0. The molecule has 1 fully saturated rings. The van der Waals surface area contributed by atoms with Crippen molar-refractivity contribution in [1.82, 2.24) is 14.5 Å². The Morgan fingerprint density at radius 1 is 1.12 bits per heavy atom. The fourth-order valence-corrected chi connectivity index (χ4v) is 2.90. The molecule has 3 rings (SSSR count). The Kier molecular flexibility index (Phi) is 7.15. The number of ether oxygens (including phenoxy) is 2. The minimum Gasteiger partial charge on any atom is -0.497 e. The maximum absolute atomic E-state index is 12.3. The van der Waals surface area contributed by atoms with Crippen molar-refractivity contribution in [3.63, 3.8) is 0 Å². The van der Waals surface area contributed by atoms with Gasteiger partial charge in [-0.1, -0.05) is 0 Å². The van der Waals surface area contributed by atoms with Crippen LogP contribution in [0.1, 0.15) is 6.92 Å². The molecule has 2 aromatic rings. The molecule has 2 heterocycles. The molecule has 26 heavy (non-hydrogen) atoms. The van der Waals surface area contributed by atoms with Gasteiger partial charge in [0.2, 0.25) is 5.95 Å². The molecule has 0 spiro atoms. The average molecular weight is 381 g/mol. The van der Waals surface area contributed by atoms with Gasteiger partial charge >= 0.3 is 0 Å². The highest BCUT2D eigenvalue weighted by atomic mass is 35.5. The lowest BCUT2D eigenvalue weighted by molar-refractivity contribution is -0.133. The average Bonchev–Trinajstić information content (AvgIpc) is 3.15. The monoisotopic (exact) mass is 380 g/mol. The molecule has 1 amide bonds. The van der Waals surface area contributed by atoms with Crippen molar-refractivity contribution in [3.8, 4) is 11.5 Å². The summed E-state index contributed by atoms with van der Waals surface area (Å²) < 4.78 is 12.8. The van der Waals surface area contributed by atoms with Crippen LogP contribution in [-0.2, 0) is 11.3 Å². The van der Waals surface area contributed by atoms with Crippen molar-refractivity contribution in [3.05, 3.63) is 36.7 Å². The van der Waals surface area contributed by atoms with Crippen molar-refractivity contribution < 1.29 is 14.3 Å².